The molecule has 54 heavy (non-hydrogen) atoms. The van der Waals surface area contributed by atoms with Gasteiger partial charge in [0.05, 0.1) is 33.1 Å². The Morgan fingerprint density at radius 3 is 1.57 bits per heavy atom. The highest BCUT2D eigenvalue weighted by Crippen LogP contribution is 2.49. The molecule has 0 aliphatic carbocycles. The third kappa shape index (κ3) is 4.02. The molecule has 12 aromatic rings. The van der Waals surface area contributed by atoms with E-state index in [-0.39, 0.29) is 0 Å². The van der Waals surface area contributed by atoms with Crippen LogP contribution in [0.5, 0.6) is 0 Å². The molecule has 4 heteroatoms. The molecule has 0 atom stereocenters. The number of hydrogen-bond donors (Lipinski definition) is 0. The zero-order valence-electron chi connectivity index (χ0n) is 29.1. The maximum Gasteiger partial charge on any atom is 0.165 e. The summed E-state index contributed by atoms with van der Waals surface area (Å²) in [6.45, 7) is 0. The average Bonchev–Trinajstić information content (AvgIpc) is 3.76. The lowest BCUT2D eigenvalue weighted by atomic mass is 9.92. The zero-order valence-corrected chi connectivity index (χ0v) is 29.1. The van der Waals surface area contributed by atoms with Crippen molar-refractivity contribution in [2.45, 2.75) is 0 Å². The summed E-state index contributed by atoms with van der Waals surface area (Å²) in [5.74, 6) is 0.822. The van der Waals surface area contributed by atoms with Crippen LogP contribution in [0.3, 0.4) is 0 Å². The number of hydrogen-bond acceptors (Lipinski definition) is 2. The van der Waals surface area contributed by atoms with Crippen molar-refractivity contribution in [1.29, 1.82) is 0 Å². The van der Waals surface area contributed by atoms with Crippen LogP contribution in [-0.2, 0) is 0 Å². The first-order valence-corrected chi connectivity index (χ1v) is 18.4. The summed E-state index contributed by atoms with van der Waals surface area (Å²) in [6.07, 6.45) is 0. The van der Waals surface area contributed by atoms with E-state index in [0.29, 0.717) is 0 Å². The quantitative estimate of drug-likeness (QED) is 0.185. The predicted molar refractivity (Wildman–Crippen MR) is 225 cm³/mol. The molecule has 0 bridgehead atoms. The molecule has 9 aromatic carbocycles. The molecule has 0 saturated carbocycles. The number of aromatic nitrogens is 4. The fraction of sp³-hybridized carbons (Fsp3) is 0. The fourth-order valence-corrected chi connectivity index (χ4v) is 8.98. The number of nitrogens with zero attached hydrogens (tertiary/aromatic N) is 4. The van der Waals surface area contributed by atoms with E-state index in [4.69, 9.17) is 9.97 Å². The van der Waals surface area contributed by atoms with Crippen LogP contribution in [0, 0.1) is 0 Å². The van der Waals surface area contributed by atoms with E-state index in [1.807, 2.05) is 12.1 Å². The third-order valence-electron chi connectivity index (χ3n) is 11.2. The Morgan fingerprint density at radius 1 is 0.315 bits per heavy atom. The van der Waals surface area contributed by atoms with E-state index >= 15 is 0 Å². The second kappa shape index (κ2) is 11.1. The first kappa shape index (κ1) is 29.3. The highest BCUT2D eigenvalue weighted by atomic mass is 15.1. The SMILES string of the molecule is c1ccc(-c2cc3c4ccccc4c4cccc5c4c4c6c3c(c2)n(-c2ccccc2)c6ccc4n5-c2nc3ccccc3nc2-c2ccccc2)cc1. The van der Waals surface area contributed by atoms with Crippen molar-refractivity contribution in [3.8, 4) is 33.9 Å². The molecule has 3 aromatic heterocycles. The normalized spacial score (nSPS) is 12.1. The maximum atomic E-state index is 5.44. The highest BCUT2D eigenvalue weighted by Gasteiger charge is 2.26. The lowest BCUT2D eigenvalue weighted by Crippen LogP contribution is -2.03. The molecular weight excluding hydrogens is 657 g/mol. The van der Waals surface area contributed by atoms with E-state index in [1.165, 1.54) is 65.3 Å². The van der Waals surface area contributed by atoms with Crippen molar-refractivity contribution in [2.24, 2.45) is 0 Å². The molecule has 0 aliphatic heterocycles. The van der Waals surface area contributed by atoms with Gasteiger partial charge in [-0.25, -0.2) is 9.97 Å². The molecule has 0 spiro atoms. The highest BCUT2D eigenvalue weighted by molar-refractivity contribution is 6.39. The van der Waals surface area contributed by atoms with Crippen molar-refractivity contribution in [3.63, 3.8) is 0 Å². The van der Waals surface area contributed by atoms with Gasteiger partial charge in [-0.15, -0.1) is 0 Å². The van der Waals surface area contributed by atoms with Crippen molar-refractivity contribution in [2.75, 3.05) is 0 Å². The van der Waals surface area contributed by atoms with Crippen LogP contribution in [0.15, 0.2) is 182 Å². The molecule has 3 heterocycles. The zero-order chi connectivity index (χ0) is 35.3. The Morgan fingerprint density at radius 2 is 0.852 bits per heavy atom. The standard InChI is InChI=1S/C50H30N4/c1-4-15-31(16-5-1)33-29-38-36-22-11-10-21-35(36)37-23-14-26-41-45(37)48-43(28-27-42-47(48)46(38)44(30-33)53(42)34-19-8-3-9-20-34)54(41)50-49(32-17-6-2-7-18-32)51-39-24-12-13-25-40(39)52-50/h1-30H. The van der Waals surface area contributed by atoms with Gasteiger partial charge >= 0.3 is 0 Å². The van der Waals surface area contributed by atoms with Gasteiger partial charge in [-0.3, -0.25) is 4.57 Å². The summed E-state index contributed by atoms with van der Waals surface area (Å²) in [4.78, 5) is 10.8. The Labute approximate surface area is 310 Å². The van der Waals surface area contributed by atoms with E-state index in [1.54, 1.807) is 0 Å². The lowest BCUT2D eigenvalue weighted by Gasteiger charge is -2.14. The second-order valence-electron chi connectivity index (χ2n) is 14.1. The summed E-state index contributed by atoms with van der Waals surface area (Å²) in [5, 5.41) is 9.86. The van der Waals surface area contributed by atoms with Gasteiger partial charge in [-0.2, -0.15) is 0 Å². The van der Waals surface area contributed by atoms with Crippen LogP contribution in [0.1, 0.15) is 0 Å². The van der Waals surface area contributed by atoms with Gasteiger partial charge in [0.2, 0.25) is 0 Å². The van der Waals surface area contributed by atoms with Crippen molar-refractivity contribution < 1.29 is 0 Å². The molecule has 0 amide bonds. The Hall–Kier alpha value is -7.30. The summed E-state index contributed by atoms with van der Waals surface area (Å²) in [6, 6.07) is 65.3. The molecule has 0 N–H and O–H groups in total. The fourth-order valence-electron chi connectivity index (χ4n) is 8.98. The topological polar surface area (TPSA) is 35.6 Å². The van der Waals surface area contributed by atoms with Gasteiger partial charge < -0.3 is 4.57 Å². The van der Waals surface area contributed by atoms with Crippen LogP contribution in [0.25, 0.3) is 110 Å². The van der Waals surface area contributed by atoms with E-state index in [0.717, 1.165) is 44.8 Å². The Balaban J connectivity index is 1.36. The molecule has 12 rings (SSSR count). The van der Waals surface area contributed by atoms with E-state index < -0.39 is 0 Å². The first-order valence-electron chi connectivity index (χ1n) is 18.4. The van der Waals surface area contributed by atoms with E-state index in [9.17, 15) is 0 Å². The van der Waals surface area contributed by atoms with Crippen molar-refractivity contribution >= 4 is 76.2 Å². The summed E-state index contributed by atoms with van der Waals surface area (Å²) < 4.78 is 4.83. The van der Waals surface area contributed by atoms with Gasteiger partial charge in [0.1, 0.15) is 5.69 Å². The van der Waals surface area contributed by atoms with Gasteiger partial charge in [0, 0.05) is 32.8 Å². The van der Waals surface area contributed by atoms with Crippen molar-refractivity contribution in [1.82, 2.24) is 19.1 Å². The number of fused-ring (bicyclic) bond motifs is 4. The molecule has 4 nitrogen and oxygen atoms in total. The third-order valence-corrected chi connectivity index (χ3v) is 11.2. The molecule has 0 unspecified atom stereocenters. The first-order chi connectivity index (χ1) is 26.8. The van der Waals surface area contributed by atoms with Gasteiger partial charge in [0.25, 0.3) is 0 Å². The summed E-state index contributed by atoms with van der Waals surface area (Å²) in [7, 11) is 0. The molecule has 0 fully saturated rings. The van der Waals surface area contributed by atoms with Crippen LogP contribution in [-0.4, -0.2) is 19.1 Å². The molecule has 0 radical (unpaired) electrons. The molecular formula is C50H30N4. The van der Waals surface area contributed by atoms with Crippen LogP contribution in [0.2, 0.25) is 0 Å². The van der Waals surface area contributed by atoms with Gasteiger partial charge in [-0.05, 0) is 87.3 Å². The lowest BCUT2D eigenvalue weighted by molar-refractivity contribution is 1.08. The average molecular weight is 687 g/mol. The minimum atomic E-state index is 0.822. The number of benzene rings is 8. The molecule has 0 aliphatic rings. The Kier molecular flexibility index (Phi) is 6.02. The van der Waals surface area contributed by atoms with Gasteiger partial charge in [-0.1, -0.05) is 127 Å². The largest absolute Gasteiger partial charge is 0.309 e. The van der Waals surface area contributed by atoms with Crippen LogP contribution in [0.4, 0.5) is 0 Å². The Bertz CT molecular complexity index is 3410. The van der Waals surface area contributed by atoms with Gasteiger partial charge in [0.15, 0.2) is 5.82 Å². The smallest absolute Gasteiger partial charge is 0.165 e. The maximum absolute atomic E-state index is 5.44. The van der Waals surface area contributed by atoms with Crippen molar-refractivity contribution in [3.05, 3.63) is 182 Å². The second-order valence-corrected chi connectivity index (χ2v) is 14.1. The monoisotopic (exact) mass is 686 g/mol. The predicted octanol–water partition coefficient (Wildman–Crippen LogP) is 12.9. The van der Waals surface area contributed by atoms with E-state index in [2.05, 4.69) is 179 Å². The minimum Gasteiger partial charge on any atom is -0.309 e. The number of para-hydroxylation sites is 3. The molecule has 0 saturated heterocycles. The molecule has 250 valence electrons. The summed E-state index contributed by atoms with van der Waals surface area (Å²) >= 11 is 0. The van der Waals surface area contributed by atoms with Crippen LogP contribution < -0.4 is 0 Å². The number of rotatable bonds is 4. The minimum absolute atomic E-state index is 0.822. The van der Waals surface area contributed by atoms with Crippen LogP contribution >= 0.6 is 0 Å². The summed E-state index contributed by atoms with van der Waals surface area (Å²) in [5.41, 5.74) is 11.7.